The lowest BCUT2D eigenvalue weighted by molar-refractivity contribution is -0.159. The zero-order valence-corrected chi connectivity index (χ0v) is 16.3. The van der Waals surface area contributed by atoms with Crippen molar-refractivity contribution in [3.63, 3.8) is 0 Å². The zero-order chi connectivity index (χ0) is 18.8. The number of hydrogen-bond acceptors (Lipinski definition) is 2. The number of carboxylic acids is 2. The largest absolute Gasteiger partial charge is 0.481 e. The van der Waals surface area contributed by atoms with Crippen LogP contribution in [0.2, 0.25) is 0 Å². The molecular formula is C20H38O4. The maximum absolute atomic E-state index is 12.0. The van der Waals surface area contributed by atoms with Crippen LogP contribution in [0, 0.1) is 23.2 Å². The Morgan fingerprint density at radius 3 is 1.75 bits per heavy atom. The second-order valence-electron chi connectivity index (χ2n) is 7.38. The van der Waals surface area contributed by atoms with Crippen LogP contribution in [-0.2, 0) is 9.59 Å². The third-order valence-corrected chi connectivity index (χ3v) is 6.10. The Morgan fingerprint density at radius 2 is 1.38 bits per heavy atom. The Bertz CT molecular complexity index is 368. The second-order valence-corrected chi connectivity index (χ2v) is 7.38. The fourth-order valence-corrected chi connectivity index (χ4v) is 4.32. The van der Waals surface area contributed by atoms with Crippen LogP contribution < -0.4 is 0 Å². The van der Waals surface area contributed by atoms with Gasteiger partial charge in [0.2, 0.25) is 0 Å². The quantitative estimate of drug-likeness (QED) is 0.403. The van der Waals surface area contributed by atoms with E-state index in [1.807, 2.05) is 0 Å². The fraction of sp³-hybridized carbons (Fsp3) is 0.900. The van der Waals surface area contributed by atoms with Crippen LogP contribution >= 0.6 is 0 Å². The molecule has 142 valence electrons. The van der Waals surface area contributed by atoms with Gasteiger partial charge in [-0.3, -0.25) is 9.59 Å². The summed E-state index contributed by atoms with van der Waals surface area (Å²) in [6, 6.07) is 0. The summed E-state index contributed by atoms with van der Waals surface area (Å²) >= 11 is 0. The van der Waals surface area contributed by atoms with Gasteiger partial charge in [-0.05, 0) is 23.7 Å². The van der Waals surface area contributed by atoms with E-state index in [0.29, 0.717) is 0 Å². The molecule has 2 N–H and O–H groups in total. The van der Waals surface area contributed by atoms with Crippen LogP contribution in [0.25, 0.3) is 0 Å². The van der Waals surface area contributed by atoms with E-state index >= 15 is 0 Å². The van der Waals surface area contributed by atoms with E-state index in [1.165, 1.54) is 19.3 Å². The van der Waals surface area contributed by atoms with Crippen LogP contribution in [0.5, 0.6) is 0 Å². The van der Waals surface area contributed by atoms with Crippen molar-refractivity contribution in [3.05, 3.63) is 0 Å². The van der Waals surface area contributed by atoms with Gasteiger partial charge in [-0.25, -0.2) is 0 Å². The highest BCUT2D eigenvalue weighted by molar-refractivity contribution is 5.78. The Balaban J connectivity index is 5.61. The number of carbonyl (C=O) groups is 2. The molecule has 4 heteroatoms. The third kappa shape index (κ3) is 6.10. The van der Waals surface area contributed by atoms with Gasteiger partial charge in [0.1, 0.15) is 0 Å². The number of rotatable bonds is 14. The molecule has 0 amide bonds. The molecule has 4 nitrogen and oxygen atoms in total. The molecule has 0 aromatic rings. The van der Waals surface area contributed by atoms with Crippen molar-refractivity contribution in [1.29, 1.82) is 0 Å². The SMILES string of the molecule is CCCCCCCC(C(C)CC)(C(C)CC)C(CC(=O)O)C(=O)O. The predicted molar refractivity (Wildman–Crippen MR) is 98.1 cm³/mol. The summed E-state index contributed by atoms with van der Waals surface area (Å²) in [5.74, 6) is -2.39. The van der Waals surface area contributed by atoms with Crippen LogP contribution in [0.15, 0.2) is 0 Å². The second kappa shape index (κ2) is 11.5. The molecule has 0 fully saturated rings. The molecule has 0 spiro atoms. The molecule has 24 heavy (non-hydrogen) atoms. The first-order valence-electron chi connectivity index (χ1n) is 9.72. The van der Waals surface area contributed by atoms with E-state index < -0.39 is 23.3 Å². The molecule has 0 radical (unpaired) electrons. The Morgan fingerprint density at radius 1 is 0.875 bits per heavy atom. The average Bonchev–Trinajstić information content (AvgIpc) is 2.54. The average molecular weight is 343 g/mol. The normalized spacial score (nSPS) is 17.7. The highest BCUT2D eigenvalue weighted by atomic mass is 16.4. The molecule has 0 aromatic carbocycles. The molecule has 0 aliphatic heterocycles. The Labute approximate surface area is 148 Å². The molecule has 3 atom stereocenters. The first kappa shape index (κ1) is 22.9. The van der Waals surface area contributed by atoms with E-state index in [1.54, 1.807) is 0 Å². The van der Waals surface area contributed by atoms with Gasteiger partial charge in [0.25, 0.3) is 0 Å². The van der Waals surface area contributed by atoms with Gasteiger partial charge in [0.15, 0.2) is 0 Å². The third-order valence-electron chi connectivity index (χ3n) is 6.10. The van der Waals surface area contributed by atoms with Gasteiger partial charge < -0.3 is 10.2 Å². The summed E-state index contributed by atoms with van der Waals surface area (Å²) in [6.45, 7) is 10.6. The predicted octanol–water partition coefficient (Wildman–Crippen LogP) is 5.60. The van der Waals surface area contributed by atoms with Crippen LogP contribution in [0.1, 0.15) is 92.4 Å². The minimum Gasteiger partial charge on any atom is -0.481 e. The monoisotopic (exact) mass is 342 g/mol. The molecule has 0 aromatic heterocycles. The van der Waals surface area contributed by atoms with Gasteiger partial charge in [0.05, 0.1) is 12.3 Å². The molecule has 0 aliphatic carbocycles. The first-order valence-corrected chi connectivity index (χ1v) is 9.72. The summed E-state index contributed by atoms with van der Waals surface area (Å²) < 4.78 is 0. The van der Waals surface area contributed by atoms with E-state index in [2.05, 4.69) is 34.6 Å². The van der Waals surface area contributed by atoms with Crippen molar-refractivity contribution in [2.45, 2.75) is 92.4 Å². The molecular weight excluding hydrogens is 304 g/mol. The van der Waals surface area contributed by atoms with Crippen molar-refractivity contribution < 1.29 is 19.8 Å². The van der Waals surface area contributed by atoms with Gasteiger partial charge in [-0.15, -0.1) is 0 Å². The molecule has 0 saturated carbocycles. The van der Waals surface area contributed by atoms with E-state index in [-0.39, 0.29) is 18.3 Å². The van der Waals surface area contributed by atoms with Crippen molar-refractivity contribution in [2.75, 3.05) is 0 Å². The highest BCUT2D eigenvalue weighted by Gasteiger charge is 2.49. The van der Waals surface area contributed by atoms with Gasteiger partial charge in [-0.2, -0.15) is 0 Å². The summed E-state index contributed by atoms with van der Waals surface area (Å²) in [5, 5.41) is 19.1. The Kier molecular flexibility index (Phi) is 11.0. The van der Waals surface area contributed by atoms with Crippen molar-refractivity contribution in [2.24, 2.45) is 23.2 Å². The van der Waals surface area contributed by atoms with Crippen LogP contribution in [0.3, 0.4) is 0 Å². The molecule has 0 aliphatic rings. The fourth-order valence-electron chi connectivity index (χ4n) is 4.32. The van der Waals surface area contributed by atoms with E-state index in [0.717, 1.165) is 32.1 Å². The first-order chi connectivity index (χ1) is 11.3. The van der Waals surface area contributed by atoms with Crippen molar-refractivity contribution in [3.8, 4) is 0 Å². The summed E-state index contributed by atoms with van der Waals surface area (Å²) in [5.41, 5.74) is -0.445. The molecule has 0 heterocycles. The number of unbranched alkanes of at least 4 members (excludes halogenated alkanes) is 4. The lowest BCUT2D eigenvalue weighted by Crippen LogP contribution is -2.46. The summed E-state index contributed by atoms with van der Waals surface area (Å²) in [6.07, 6.45) is 7.93. The highest BCUT2D eigenvalue weighted by Crippen LogP contribution is 2.51. The number of aliphatic carboxylic acids is 2. The number of carboxylic acid groups (broad SMARTS) is 2. The maximum atomic E-state index is 12.0. The molecule has 0 saturated heterocycles. The topological polar surface area (TPSA) is 74.6 Å². The zero-order valence-electron chi connectivity index (χ0n) is 16.3. The standard InChI is InChI=1S/C20H38O4/c1-6-9-10-11-12-13-20(15(4)7-2,16(5)8-3)17(19(23)24)14-18(21)22/h15-17H,6-14H2,1-5H3,(H,21,22)(H,23,24). The maximum Gasteiger partial charge on any atom is 0.307 e. The smallest absolute Gasteiger partial charge is 0.307 e. The van der Waals surface area contributed by atoms with Gasteiger partial charge >= 0.3 is 11.9 Å². The van der Waals surface area contributed by atoms with Crippen molar-refractivity contribution in [1.82, 2.24) is 0 Å². The van der Waals surface area contributed by atoms with E-state index in [9.17, 15) is 19.8 Å². The van der Waals surface area contributed by atoms with Gasteiger partial charge in [-0.1, -0.05) is 79.6 Å². The van der Waals surface area contributed by atoms with Gasteiger partial charge in [0, 0.05) is 0 Å². The molecule has 0 rings (SSSR count). The Hall–Kier alpha value is -1.06. The summed E-state index contributed by atoms with van der Waals surface area (Å²) in [7, 11) is 0. The van der Waals surface area contributed by atoms with Crippen LogP contribution in [0.4, 0.5) is 0 Å². The lowest BCUT2D eigenvalue weighted by atomic mass is 9.56. The molecule has 0 bridgehead atoms. The van der Waals surface area contributed by atoms with Crippen LogP contribution in [-0.4, -0.2) is 22.2 Å². The number of hydrogen-bond donors (Lipinski definition) is 2. The lowest BCUT2D eigenvalue weighted by Gasteiger charge is -2.48. The minimum absolute atomic E-state index is 0.194. The minimum atomic E-state index is -1.01. The van der Waals surface area contributed by atoms with E-state index in [4.69, 9.17) is 0 Å². The molecule has 3 unspecified atom stereocenters. The summed E-state index contributed by atoms with van der Waals surface area (Å²) in [4.78, 5) is 23.3. The van der Waals surface area contributed by atoms with Crippen molar-refractivity contribution >= 4 is 11.9 Å².